The number of unbranched alkanes of at least 4 members (excludes halogenated alkanes) is 3. The largest absolute Gasteiger partial charge is 0.379 e. The van der Waals surface area contributed by atoms with Crippen LogP contribution in [0.2, 0.25) is 0 Å². The Kier molecular flexibility index (Phi) is 6.98. The summed E-state index contributed by atoms with van der Waals surface area (Å²) >= 11 is 0. The van der Waals surface area contributed by atoms with Crippen molar-refractivity contribution in [2.75, 3.05) is 19.8 Å². The highest BCUT2D eigenvalue weighted by Gasteiger charge is 2.25. The fourth-order valence-electron chi connectivity index (χ4n) is 1.73. The van der Waals surface area contributed by atoms with Crippen LogP contribution in [-0.2, 0) is 14.2 Å². The number of hydrogen-bond acceptors (Lipinski definition) is 3. The quantitative estimate of drug-likeness (QED) is 0.584. The van der Waals surface area contributed by atoms with Crippen LogP contribution in [0.5, 0.6) is 0 Å². The summed E-state index contributed by atoms with van der Waals surface area (Å²) in [5.74, 6) is 0. The van der Waals surface area contributed by atoms with Crippen molar-refractivity contribution in [1.82, 2.24) is 0 Å². The van der Waals surface area contributed by atoms with Crippen molar-refractivity contribution in [3.05, 3.63) is 0 Å². The van der Waals surface area contributed by atoms with Crippen molar-refractivity contribution in [2.45, 2.75) is 58.3 Å². The third kappa shape index (κ3) is 5.50. The zero-order valence-electron chi connectivity index (χ0n) is 10.0. The van der Waals surface area contributed by atoms with Crippen molar-refractivity contribution in [1.29, 1.82) is 0 Å². The fraction of sp³-hybridized carbons (Fsp3) is 1.00. The molecule has 1 heterocycles. The minimum Gasteiger partial charge on any atom is -0.379 e. The molecular weight excluding hydrogens is 192 g/mol. The van der Waals surface area contributed by atoms with E-state index in [0.29, 0.717) is 13.2 Å². The lowest BCUT2D eigenvalue weighted by atomic mass is 10.1. The van der Waals surface area contributed by atoms with E-state index < -0.39 is 0 Å². The van der Waals surface area contributed by atoms with Crippen LogP contribution in [0.4, 0.5) is 0 Å². The van der Waals surface area contributed by atoms with E-state index in [1.807, 2.05) is 6.92 Å². The molecule has 0 aromatic carbocycles. The van der Waals surface area contributed by atoms with Gasteiger partial charge in [0.15, 0.2) is 6.29 Å². The topological polar surface area (TPSA) is 27.7 Å². The first-order chi connectivity index (χ1) is 7.36. The van der Waals surface area contributed by atoms with Crippen LogP contribution in [0.15, 0.2) is 0 Å². The third-order valence-electron chi connectivity index (χ3n) is 2.61. The first-order valence-electron chi connectivity index (χ1n) is 6.21. The van der Waals surface area contributed by atoms with E-state index in [9.17, 15) is 0 Å². The van der Waals surface area contributed by atoms with Crippen LogP contribution in [0.25, 0.3) is 0 Å². The minimum atomic E-state index is 0.0207. The monoisotopic (exact) mass is 216 g/mol. The minimum absolute atomic E-state index is 0.0207. The Morgan fingerprint density at radius 3 is 2.80 bits per heavy atom. The molecule has 1 rings (SSSR count). The van der Waals surface area contributed by atoms with Gasteiger partial charge in [-0.05, 0) is 19.8 Å². The average molecular weight is 216 g/mol. The molecule has 0 aromatic heterocycles. The molecule has 1 aliphatic rings. The van der Waals surface area contributed by atoms with Crippen molar-refractivity contribution in [3.63, 3.8) is 0 Å². The summed E-state index contributed by atoms with van der Waals surface area (Å²) in [4.78, 5) is 0. The highest BCUT2D eigenvalue weighted by molar-refractivity contribution is 4.64. The van der Waals surface area contributed by atoms with Crippen molar-refractivity contribution >= 4 is 0 Å². The molecule has 3 heteroatoms. The summed E-state index contributed by atoms with van der Waals surface area (Å²) in [5.41, 5.74) is 0. The molecule has 0 unspecified atom stereocenters. The fourth-order valence-corrected chi connectivity index (χ4v) is 1.73. The smallest absolute Gasteiger partial charge is 0.158 e. The number of ether oxygens (including phenoxy) is 3. The Labute approximate surface area is 93.1 Å². The Morgan fingerprint density at radius 1 is 1.20 bits per heavy atom. The Bertz CT molecular complexity index is 150. The van der Waals surface area contributed by atoms with Gasteiger partial charge in [0.05, 0.1) is 13.2 Å². The van der Waals surface area contributed by atoms with Crippen LogP contribution in [0.1, 0.15) is 46.0 Å². The summed E-state index contributed by atoms with van der Waals surface area (Å²) in [6.07, 6.45) is 6.29. The molecule has 0 radical (unpaired) electrons. The SMILES string of the molecule is CCCCCC[C@@H]1OC[C@H](COCC)O1. The molecule has 1 aliphatic heterocycles. The predicted octanol–water partition coefficient (Wildman–Crippen LogP) is 2.73. The van der Waals surface area contributed by atoms with Crippen LogP contribution >= 0.6 is 0 Å². The second-order valence-corrected chi connectivity index (χ2v) is 4.03. The van der Waals surface area contributed by atoms with Crippen LogP contribution in [-0.4, -0.2) is 32.2 Å². The molecular formula is C12H24O3. The lowest BCUT2D eigenvalue weighted by Crippen LogP contribution is -2.18. The Balaban J connectivity index is 1.98. The number of rotatable bonds is 8. The molecule has 0 amide bonds. The van der Waals surface area contributed by atoms with Crippen LogP contribution < -0.4 is 0 Å². The maximum Gasteiger partial charge on any atom is 0.158 e. The summed E-state index contributed by atoms with van der Waals surface area (Å²) in [7, 11) is 0. The van der Waals surface area contributed by atoms with Gasteiger partial charge in [-0.25, -0.2) is 0 Å². The molecule has 15 heavy (non-hydrogen) atoms. The van der Waals surface area contributed by atoms with E-state index in [2.05, 4.69) is 6.92 Å². The van der Waals surface area contributed by atoms with Gasteiger partial charge in [0.2, 0.25) is 0 Å². The van der Waals surface area contributed by atoms with Gasteiger partial charge in [0.25, 0.3) is 0 Å². The molecule has 0 aromatic rings. The second-order valence-electron chi connectivity index (χ2n) is 4.03. The maximum absolute atomic E-state index is 5.70. The van der Waals surface area contributed by atoms with E-state index in [-0.39, 0.29) is 12.4 Å². The molecule has 1 saturated heterocycles. The van der Waals surface area contributed by atoms with Gasteiger partial charge in [-0.3, -0.25) is 0 Å². The van der Waals surface area contributed by atoms with Crippen molar-refractivity contribution in [2.24, 2.45) is 0 Å². The maximum atomic E-state index is 5.70. The van der Waals surface area contributed by atoms with Gasteiger partial charge in [0, 0.05) is 6.61 Å². The van der Waals surface area contributed by atoms with Crippen LogP contribution in [0.3, 0.4) is 0 Å². The van der Waals surface area contributed by atoms with Crippen molar-refractivity contribution < 1.29 is 14.2 Å². The summed E-state index contributed by atoms with van der Waals surface area (Å²) in [5, 5.41) is 0. The highest BCUT2D eigenvalue weighted by Crippen LogP contribution is 2.17. The van der Waals surface area contributed by atoms with Crippen LogP contribution in [0, 0.1) is 0 Å². The summed E-state index contributed by atoms with van der Waals surface area (Å²) < 4.78 is 16.5. The van der Waals surface area contributed by atoms with Gasteiger partial charge in [-0.2, -0.15) is 0 Å². The zero-order chi connectivity index (χ0) is 10.9. The first kappa shape index (κ1) is 12.9. The summed E-state index contributed by atoms with van der Waals surface area (Å²) in [6, 6.07) is 0. The van der Waals surface area contributed by atoms with E-state index in [4.69, 9.17) is 14.2 Å². The van der Waals surface area contributed by atoms with Gasteiger partial charge < -0.3 is 14.2 Å². The van der Waals surface area contributed by atoms with Crippen molar-refractivity contribution in [3.8, 4) is 0 Å². The third-order valence-corrected chi connectivity index (χ3v) is 2.61. The molecule has 0 N–H and O–H groups in total. The first-order valence-corrected chi connectivity index (χ1v) is 6.21. The van der Waals surface area contributed by atoms with E-state index in [1.54, 1.807) is 0 Å². The molecule has 2 atom stereocenters. The molecule has 1 fully saturated rings. The van der Waals surface area contributed by atoms with Gasteiger partial charge in [-0.15, -0.1) is 0 Å². The lowest BCUT2D eigenvalue weighted by Gasteiger charge is -2.11. The average Bonchev–Trinajstić information content (AvgIpc) is 2.69. The molecule has 3 nitrogen and oxygen atoms in total. The van der Waals surface area contributed by atoms with Gasteiger partial charge in [-0.1, -0.05) is 26.2 Å². The van der Waals surface area contributed by atoms with E-state index in [1.165, 1.54) is 25.7 Å². The predicted molar refractivity (Wildman–Crippen MR) is 59.9 cm³/mol. The molecule has 0 saturated carbocycles. The summed E-state index contributed by atoms with van der Waals surface area (Å²) in [6.45, 7) is 6.33. The zero-order valence-corrected chi connectivity index (χ0v) is 10.0. The normalized spacial score (nSPS) is 26.0. The lowest BCUT2D eigenvalue weighted by molar-refractivity contribution is -0.0753. The second kappa shape index (κ2) is 8.08. The van der Waals surface area contributed by atoms with E-state index in [0.717, 1.165) is 13.0 Å². The number of hydrogen-bond donors (Lipinski definition) is 0. The van der Waals surface area contributed by atoms with E-state index >= 15 is 0 Å². The molecule has 0 bridgehead atoms. The molecule has 90 valence electrons. The highest BCUT2D eigenvalue weighted by atomic mass is 16.7. The molecule has 0 aliphatic carbocycles. The Morgan fingerprint density at radius 2 is 2.07 bits per heavy atom. The standard InChI is InChI=1S/C12H24O3/c1-3-5-6-7-8-12-14-10-11(15-12)9-13-4-2/h11-12H,3-10H2,1-2H3/t11-,12+/m0/s1. The van der Waals surface area contributed by atoms with Gasteiger partial charge >= 0.3 is 0 Å². The Hall–Kier alpha value is -0.120. The molecule has 0 spiro atoms. The van der Waals surface area contributed by atoms with Gasteiger partial charge in [0.1, 0.15) is 6.10 Å².